The first-order chi connectivity index (χ1) is 20.1. The Hall–Kier alpha value is -4.71. The average molecular weight is 578 g/mol. The van der Waals surface area contributed by atoms with Crippen molar-refractivity contribution in [2.45, 2.75) is 27.2 Å². The molecule has 2 heterocycles. The summed E-state index contributed by atoms with van der Waals surface area (Å²) in [5.41, 5.74) is 5.77. The average Bonchev–Trinajstić information content (AvgIpc) is 2.96. The highest BCUT2D eigenvalue weighted by Crippen LogP contribution is 2.31. The Labute approximate surface area is 241 Å². The van der Waals surface area contributed by atoms with E-state index in [-0.39, 0.29) is 23.7 Å². The molecule has 0 aliphatic rings. The van der Waals surface area contributed by atoms with Crippen molar-refractivity contribution in [1.29, 1.82) is 0 Å². The number of nitrogens with zero attached hydrogens (tertiary/aromatic N) is 4. The molecule has 0 saturated heterocycles. The maximum absolute atomic E-state index is 15.0. The number of aromatic nitrogens is 3. The summed E-state index contributed by atoms with van der Waals surface area (Å²) in [6.07, 6.45) is 0.774. The number of halogens is 2. The topological polar surface area (TPSA) is 135 Å². The largest absolute Gasteiger partial charge is 0.368 e. The molecule has 12 heteroatoms. The molecular weight excluding hydrogens is 544 g/mol. The third kappa shape index (κ3) is 6.60. The molecule has 2 aromatic carbocycles. The second-order valence-electron chi connectivity index (χ2n) is 9.70. The minimum atomic E-state index is -0.928. The summed E-state index contributed by atoms with van der Waals surface area (Å²) in [5.74, 6) is -2.91. The Kier molecular flexibility index (Phi) is 9.58. The number of benzene rings is 2. The van der Waals surface area contributed by atoms with E-state index in [9.17, 15) is 23.2 Å². The molecule has 0 saturated carbocycles. The number of anilines is 1. The van der Waals surface area contributed by atoms with Crippen molar-refractivity contribution in [2.24, 2.45) is 5.73 Å². The number of aryl methyl sites for hydroxylation is 1. The summed E-state index contributed by atoms with van der Waals surface area (Å²) in [6, 6.07) is 10.9. The van der Waals surface area contributed by atoms with Gasteiger partial charge in [0.05, 0.1) is 12.2 Å². The molecule has 42 heavy (non-hydrogen) atoms. The van der Waals surface area contributed by atoms with Crippen molar-refractivity contribution in [1.82, 2.24) is 24.8 Å². The molecule has 0 atom stereocenters. The van der Waals surface area contributed by atoms with Crippen LogP contribution in [0.2, 0.25) is 0 Å². The number of carbonyl (C=O) groups is 2. The minimum Gasteiger partial charge on any atom is -0.368 e. The van der Waals surface area contributed by atoms with Crippen LogP contribution < -0.4 is 21.9 Å². The number of hydrogen-bond donors (Lipinski definition) is 3. The number of pyridine rings is 1. The number of primary amides is 1. The number of amides is 2. The lowest BCUT2D eigenvalue weighted by Gasteiger charge is -2.18. The van der Waals surface area contributed by atoms with Crippen LogP contribution in [0.1, 0.15) is 36.2 Å². The minimum absolute atomic E-state index is 0.00859. The zero-order chi connectivity index (χ0) is 30.4. The Morgan fingerprint density at radius 3 is 2.40 bits per heavy atom. The monoisotopic (exact) mass is 577 g/mol. The van der Waals surface area contributed by atoms with Crippen LogP contribution in [0.3, 0.4) is 0 Å². The van der Waals surface area contributed by atoms with Crippen molar-refractivity contribution in [3.8, 4) is 16.9 Å². The first kappa shape index (κ1) is 30.3. The van der Waals surface area contributed by atoms with Crippen molar-refractivity contribution in [2.75, 3.05) is 38.0 Å². The van der Waals surface area contributed by atoms with Gasteiger partial charge >= 0.3 is 0 Å². The summed E-state index contributed by atoms with van der Waals surface area (Å²) in [7, 11) is 0. The van der Waals surface area contributed by atoms with Gasteiger partial charge in [0.15, 0.2) is 5.65 Å². The molecule has 0 spiro atoms. The molecule has 4 aromatic rings. The van der Waals surface area contributed by atoms with Gasteiger partial charge in [-0.2, -0.15) is 4.98 Å². The lowest BCUT2D eigenvalue weighted by molar-refractivity contribution is -0.117. The molecule has 0 aliphatic heterocycles. The molecule has 2 aromatic heterocycles. The van der Waals surface area contributed by atoms with E-state index in [1.165, 1.54) is 18.2 Å². The maximum atomic E-state index is 15.0. The number of hydrogen-bond acceptors (Lipinski definition) is 7. The molecule has 0 aliphatic carbocycles. The van der Waals surface area contributed by atoms with E-state index in [1.807, 2.05) is 6.92 Å². The van der Waals surface area contributed by atoms with Gasteiger partial charge in [0.2, 0.25) is 11.9 Å². The van der Waals surface area contributed by atoms with Gasteiger partial charge < -0.3 is 21.3 Å². The Morgan fingerprint density at radius 2 is 1.74 bits per heavy atom. The molecule has 0 unspecified atom stereocenters. The summed E-state index contributed by atoms with van der Waals surface area (Å²) >= 11 is 0. The normalized spacial score (nSPS) is 11.2. The van der Waals surface area contributed by atoms with E-state index >= 15 is 0 Å². The third-order valence-electron chi connectivity index (χ3n) is 6.92. The maximum Gasteiger partial charge on any atom is 0.256 e. The highest BCUT2D eigenvalue weighted by atomic mass is 19.1. The lowest BCUT2D eigenvalue weighted by Crippen LogP contribution is -2.33. The van der Waals surface area contributed by atoms with E-state index in [1.54, 1.807) is 18.2 Å². The van der Waals surface area contributed by atoms with E-state index in [4.69, 9.17) is 10.7 Å². The van der Waals surface area contributed by atoms with E-state index in [0.717, 1.165) is 48.3 Å². The van der Waals surface area contributed by atoms with E-state index in [0.29, 0.717) is 23.2 Å². The van der Waals surface area contributed by atoms with Crippen LogP contribution in [-0.2, 0) is 4.79 Å². The Morgan fingerprint density at radius 1 is 1.02 bits per heavy atom. The van der Waals surface area contributed by atoms with Gasteiger partial charge in [-0.3, -0.25) is 19.0 Å². The quantitative estimate of drug-likeness (QED) is 0.220. The molecule has 0 fully saturated rings. The van der Waals surface area contributed by atoms with Gasteiger partial charge in [0.1, 0.15) is 17.3 Å². The number of nitrogens with two attached hydrogens (primary N) is 1. The second-order valence-corrected chi connectivity index (χ2v) is 9.70. The van der Waals surface area contributed by atoms with Gasteiger partial charge in [-0.25, -0.2) is 13.8 Å². The number of nitrogens with one attached hydrogen (secondary N) is 2. The van der Waals surface area contributed by atoms with Crippen LogP contribution in [0.25, 0.3) is 28.0 Å². The lowest BCUT2D eigenvalue weighted by atomic mass is 9.99. The van der Waals surface area contributed by atoms with Crippen LogP contribution in [0, 0.1) is 18.6 Å². The molecule has 4 N–H and O–H groups in total. The summed E-state index contributed by atoms with van der Waals surface area (Å²) in [5, 5.41) is 5.98. The fourth-order valence-electron chi connectivity index (χ4n) is 4.65. The first-order valence-electron chi connectivity index (χ1n) is 13.7. The second kappa shape index (κ2) is 13.3. The van der Waals surface area contributed by atoms with Crippen molar-refractivity contribution < 1.29 is 18.4 Å². The number of para-hydroxylation sites is 1. The Balaban J connectivity index is 1.90. The zero-order valence-corrected chi connectivity index (χ0v) is 23.7. The van der Waals surface area contributed by atoms with Crippen LogP contribution in [-0.4, -0.2) is 64.0 Å². The van der Waals surface area contributed by atoms with Crippen molar-refractivity contribution in [3.63, 3.8) is 0 Å². The predicted molar refractivity (Wildman–Crippen MR) is 158 cm³/mol. The Bertz CT molecular complexity index is 1670. The van der Waals surface area contributed by atoms with Gasteiger partial charge in [-0.05, 0) is 68.9 Å². The van der Waals surface area contributed by atoms with Crippen LogP contribution in [0.4, 0.5) is 14.7 Å². The van der Waals surface area contributed by atoms with E-state index in [2.05, 4.69) is 34.4 Å². The number of fused-ring (bicyclic) bond motifs is 1. The summed E-state index contributed by atoms with van der Waals surface area (Å²) in [6.45, 7) is 8.82. The molecule has 2 amide bonds. The fourth-order valence-corrected chi connectivity index (χ4v) is 4.65. The van der Waals surface area contributed by atoms with Gasteiger partial charge in [0, 0.05) is 29.1 Å². The third-order valence-corrected chi connectivity index (χ3v) is 6.92. The standard InChI is InChI=1S/C30H33F2N7O3/c1-4-38(5-2)15-7-14-34-30-36-26(21-16-19(11-10-18(21)3)29(42)35-17-24(33)40)20-12-13-25(41)39(28(20)37-30)27-22(31)8-6-9-23(27)32/h6,8-13,16H,4-5,7,14-15,17H2,1-3H3,(H2,33,40)(H,35,42)(H,34,36,37). The molecule has 4 rings (SSSR count). The van der Waals surface area contributed by atoms with Crippen LogP contribution >= 0.6 is 0 Å². The molecule has 0 bridgehead atoms. The number of rotatable bonds is 12. The first-order valence-corrected chi connectivity index (χ1v) is 13.7. The molecule has 0 radical (unpaired) electrons. The number of carbonyl (C=O) groups excluding carboxylic acids is 2. The van der Waals surface area contributed by atoms with Gasteiger partial charge in [-0.1, -0.05) is 26.0 Å². The van der Waals surface area contributed by atoms with Gasteiger partial charge in [-0.15, -0.1) is 0 Å². The molecule has 220 valence electrons. The van der Waals surface area contributed by atoms with Crippen molar-refractivity contribution in [3.05, 3.63) is 81.6 Å². The highest BCUT2D eigenvalue weighted by Gasteiger charge is 2.21. The van der Waals surface area contributed by atoms with Crippen LogP contribution in [0.15, 0.2) is 53.3 Å². The smallest absolute Gasteiger partial charge is 0.256 e. The van der Waals surface area contributed by atoms with E-state index < -0.39 is 34.7 Å². The van der Waals surface area contributed by atoms with Crippen LogP contribution in [0.5, 0.6) is 0 Å². The predicted octanol–water partition coefficient (Wildman–Crippen LogP) is 3.39. The molecular formula is C30H33F2N7O3. The molecule has 10 nitrogen and oxygen atoms in total. The zero-order valence-electron chi connectivity index (χ0n) is 23.7. The van der Waals surface area contributed by atoms with Gasteiger partial charge in [0.25, 0.3) is 11.5 Å². The van der Waals surface area contributed by atoms with Crippen molar-refractivity contribution >= 4 is 28.8 Å². The SMILES string of the molecule is CCN(CC)CCCNc1nc(-c2cc(C(=O)NCC(N)=O)ccc2C)c2ccc(=O)n(-c3c(F)cccc3F)c2n1. The summed E-state index contributed by atoms with van der Waals surface area (Å²) in [4.78, 5) is 48.5. The summed E-state index contributed by atoms with van der Waals surface area (Å²) < 4.78 is 30.8. The highest BCUT2D eigenvalue weighted by molar-refractivity contribution is 5.99. The fraction of sp³-hybridized carbons (Fsp3) is 0.300.